The van der Waals surface area contributed by atoms with E-state index in [0.717, 1.165) is 11.1 Å². The van der Waals surface area contributed by atoms with Crippen molar-refractivity contribution >= 4 is 0 Å². The minimum Gasteiger partial charge on any atom is -0.275 e. The molecule has 1 aromatic carbocycles. The maximum absolute atomic E-state index is 8.74. The van der Waals surface area contributed by atoms with Crippen LogP contribution in [0.2, 0.25) is 0 Å². The Morgan fingerprint density at radius 2 is 2.21 bits per heavy atom. The third kappa shape index (κ3) is 1.50. The Hall–Kier alpha value is -2.08. The average molecular weight is 183 g/mol. The molecule has 1 aromatic heterocycles. The van der Waals surface area contributed by atoms with E-state index in [2.05, 4.69) is 11.2 Å². The first-order chi connectivity index (χ1) is 6.79. The molecular formula is C11H9N3. The highest BCUT2D eigenvalue weighted by atomic mass is 15.2. The van der Waals surface area contributed by atoms with Crippen molar-refractivity contribution in [3.63, 3.8) is 0 Å². The van der Waals surface area contributed by atoms with E-state index < -0.39 is 0 Å². The molecule has 0 N–H and O–H groups in total. The van der Waals surface area contributed by atoms with Gasteiger partial charge >= 0.3 is 0 Å². The first kappa shape index (κ1) is 8.52. The highest BCUT2D eigenvalue weighted by Gasteiger charge is 2.00. The van der Waals surface area contributed by atoms with Crippen molar-refractivity contribution in [2.24, 2.45) is 7.05 Å². The van der Waals surface area contributed by atoms with Crippen molar-refractivity contribution < 1.29 is 0 Å². The summed E-state index contributed by atoms with van der Waals surface area (Å²) >= 11 is 0. The molecule has 3 heteroatoms. The summed E-state index contributed by atoms with van der Waals surface area (Å²) in [5, 5.41) is 12.8. The number of aromatic nitrogens is 2. The number of hydrogen-bond donors (Lipinski definition) is 0. The Balaban J connectivity index is 2.47. The van der Waals surface area contributed by atoms with Crippen molar-refractivity contribution in [2.45, 2.75) is 0 Å². The van der Waals surface area contributed by atoms with Gasteiger partial charge in [-0.25, -0.2) is 0 Å². The van der Waals surface area contributed by atoms with Crippen molar-refractivity contribution in [3.8, 4) is 17.2 Å². The Bertz CT molecular complexity index is 491. The van der Waals surface area contributed by atoms with Gasteiger partial charge in [0.15, 0.2) is 0 Å². The highest BCUT2D eigenvalue weighted by molar-refractivity contribution is 5.63. The quantitative estimate of drug-likeness (QED) is 0.678. The minimum absolute atomic E-state index is 0.673. The van der Waals surface area contributed by atoms with Crippen molar-refractivity contribution in [3.05, 3.63) is 42.2 Å². The second-order valence-electron chi connectivity index (χ2n) is 3.10. The van der Waals surface area contributed by atoms with Crippen molar-refractivity contribution in [2.75, 3.05) is 0 Å². The van der Waals surface area contributed by atoms with E-state index in [1.165, 1.54) is 0 Å². The number of nitriles is 1. The van der Waals surface area contributed by atoms with E-state index in [1.54, 1.807) is 16.9 Å². The summed E-state index contributed by atoms with van der Waals surface area (Å²) in [7, 11) is 1.87. The molecule has 3 nitrogen and oxygen atoms in total. The van der Waals surface area contributed by atoms with Crippen LogP contribution < -0.4 is 0 Å². The summed E-state index contributed by atoms with van der Waals surface area (Å²) < 4.78 is 1.74. The predicted molar refractivity (Wildman–Crippen MR) is 53.4 cm³/mol. The topological polar surface area (TPSA) is 41.6 Å². The van der Waals surface area contributed by atoms with Gasteiger partial charge in [-0.05, 0) is 17.7 Å². The molecule has 0 bridgehead atoms. The van der Waals surface area contributed by atoms with Gasteiger partial charge in [-0.2, -0.15) is 10.4 Å². The zero-order valence-corrected chi connectivity index (χ0v) is 7.81. The van der Waals surface area contributed by atoms with Crippen LogP contribution in [0.5, 0.6) is 0 Å². The lowest BCUT2D eigenvalue weighted by Gasteiger charge is -1.96. The molecule has 14 heavy (non-hydrogen) atoms. The molecule has 0 spiro atoms. The number of nitrogens with zero attached hydrogens (tertiary/aromatic N) is 3. The molecule has 0 saturated carbocycles. The average Bonchev–Trinajstić information content (AvgIpc) is 2.65. The molecular weight excluding hydrogens is 174 g/mol. The fourth-order valence-electron chi connectivity index (χ4n) is 1.34. The van der Waals surface area contributed by atoms with Gasteiger partial charge in [0.1, 0.15) is 0 Å². The summed E-state index contributed by atoms with van der Waals surface area (Å²) in [5.41, 5.74) is 2.73. The van der Waals surface area contributed by atoms with Crippen LogP contribution >= 0.6 is 0 Å². The van der Waals surface area contributed by atoms with E-state index >= 15 is 0 Å². The zero-order chi connectivity index (χ0) is 9.97. The Labute approximate surface area is 82.2 Å². The molecule has 0 amide bonds. The first-order valence-electron chi connectivity index (χ1n) is 4.29. The van der Waals surface area contributed by atoms with Crippen molar-refractivity contribution in [1.82, 2.24) is 9.78 Å². The molecule has 2 aromatic rings. The monoisotopic (exact) mass is 183 g/mol. The van der Waals surface area contributed by atoms with Gasteiger partial charge in [-0.15, -0.1) is 0 Å². The number of hydrogen-bond acceptors (Lipinski definition) is 2. The standard InChI is InChI=1S/C11H9N3/c1-14-8-11(7-13-14)10-4-2-3-9(5-10)6-12/h2-5,7-8H,1H3. The molecule has 2 rings (SSSR count). The van der Waals surface area contributed by atoms with Gasteiger partial charge in [0.05, 0.1) is 17.8 Å². The van der Waals surface area contributed by atoms with Crippen LogP contribution in [0.15, 0.2) is 36.7 Å². The third-order valence-corrected chi connectivity index (χ3v) is 2.03. The highest BCUT2D eigenvalue weighted by Crippen LogP contribution is 2.18. The lowest BCUT2D eigenvalue weighted by Crippen LogP contribution is -1.84. The summed E-state index contributed by atoms with van der Waals surface area (Å²) in [4.78, 5) is 0. The molecule has 0 radical (unpaired) electrons. The predicted octanol–water partition coefficient (Wildman–Crippen LogP) is 1.96. The van der Waals surface area contributed by atoms with Crippen LogP contribution in [0, 0.1) is 11.3 Å². The van der Waals surface area contributed by atoms with Gasteiger partial charge in [-0.3, -0.25) is 4.68 Å². The molecule has 0 aliphatic heterocycles. The lowest BCUT2D eigenvalue weighted by atomic mass is 10.1. The maximum Gasteiger partial charge on any atom is 0.0991 e. The Kier molecular flexibility index (Phi) is 2.04. The van der Waals surface area contributed by atoms with Crippen LogP contribution in [-0.4, -0.2) is 9.78 Å². The zero-order valence-electron chi connectivity index (χ0n) is 7.81. The maximum atomic E-state index is 8.74. The van der Waals surface area contributed by atoms with Gasteiger partial charge < -0.3 is 0 Å². The van der Waals surface area contributed by atoms with Crippen LogP contribution in [0.4, 0.5) is 0 Å². The van der Waals surface area contributed by atoms with E-state index in [0.29, 0.717) is 5.56 Å². The lowest BCUT2D eigenvalue weighted by molar-refractivity contribution is 0.768. The molecule has 68 valence electrons. The normalized spacial score (nSPS) is 9.71. The van der Waals surface area contributed by atoms with Crippen molar-refractivity contribution in [1.29, 1.82) is 5.26 Å². The summed E-state index contributed by atoms with van der Waals surface area (Å²) in [5.74, 6) is 0. The summed E-state index contributed by atoms with van der Waals surface area (Å²) in [6.07, 6.45) is 3.72. The van der Waals surface area contributed by atoms with Gasteiger partial charge in [0, 0.05) is 18.8 Å². The summed E-state index contributed by atoms with van der Waals surface area (Å²) in [6.45, 7) is 0. The van der Waals surface area contributed by atoms with Crippen LogP contribution in [0.1, 0.15) is 5.56 Å². The van der Waals surface area contributed by atoms with Gasteiger partial charge in [0.25, 0.3) is 0 Å². The Morgan fingerprint density at radius 3 is 2.86 bits per heavy atom. The third-order valence-electron chi connectivity index (χ3n) is 2.03. The van der Waals surface area contributed by atoms with Crippen LogP contribution in [-0.2, 0) is 7.05 Å². The molecule has 0 saturated heterocycles. The molecule has 0 fully saturated rings. The summed E-state index contributed by atoms with van der Waals surface area (Å²) in [6, 6.07) is 9.61. The fraction of sp³-hybridized carbons (Fsp3) is 0.0909. The Morgan fingerprint density at radius 1 is 1.36 bits per heavy atom. The largest absolute Gasteiger partial charge is 0.275 e. The van der Waals surface area contributed by atoms with Gasteiger partial charge in [-0.1, -0.05) is 12.1 Å². The molecule has 0 aliphatic carbocycles. The smallest absolute Gasteiger partial charge is 0.0991 e. The van der Waals surface area contributed by atoms with E-state index in [4.69, 9.17) is 5.26 Å². The fourth-order valence-corrected chi connectivity index (χ4v) is 1.34. The van der Waals surface area contributed by atoms with Gasteiger partial charge in [0.2, 0.25) is 0 Å². The molecule has 1 heterocycles. The number of benzene rings is 1. The SMILES string of the molecule is Cn1cc(-c2cccc(C#N)c2)cn1. The van der Waals surface area contributed by atoms with E-state index in [1.807, 2.05) is 31.4 Å². The van der Waals surface area contributed by atoms with E-state index in [9.17, 15) is 0 Å². The second-order valence-corrected chi connectivity index (χ2v) is 3.10. The second kappa shape index (κ2) is 3.35. The molecule has 0 atom stereocenters. The van der Waals surface area contributed by atoms with Crippen LogP contribution in [0.25, 0.3) is 11.1 Å². The minimum atomic E-state index is 0.673. The van der Waals surface area contributed by atoms with Crippen LogP contribution in [0.3, 0.4) is 0 Å². The number of aryl methyl sites for hydroxylation is 1. The first-order valence-corrected chi connectivity index (χ1v) is 4.29. The van der Waals surface area contributed by atoms with E-state index in [-0.39, 0.29) is 0 Å². The molecule has 0 unspecified atom stereocenters. The number of rotatable bonds is 1. The molecule has 0 aliphatic rings.